The zero-order valence-corrected chi connectivity index (χ0v) is 17.8. The van der Waals surface area contributed by atoms with Crippen molar-refractivity contribution < 1.29 is 9.21 Å². The maximum absolute atomic E-state index is 12.7. The second kappa shape index (κ2) is 13.0. The lowest BCUT2D eigenvalue weighted by atomic mass is 10.2. The minimum atomic E-state index is 0. The van der Waals surface area contributed by atoms with Gasteiger partial charge in [0.15, 0.2) is 11.7 Å². The van der Waals surface area contributed by atoms with Crippen LogP contribution in [0.15, 0.2) is 71.3 Å². The molecule has 29 heavy (non-hydrogen) atoms. The quantitative estimate of drug-likeness (QED) is 0.536. The molecule has 0 spiro atoms. The molecule has 2 N–H and O–H groups in total. The number of rotatable bonds is 9. The third kappa shape index (κ3) is 7.54. The van der Waals surface area contributed by atoms with Crippen LogP contribution in [0.5, 0.6) is 0 Å². The highest BCUT2D eigenvalue weighted by atomic mass is 35.5. The molecule has 1 heterocycles. The number of aromatic nitrogens is 1. The number of nitrogens with two attached hydrogens (primary N) is 1. The van der Waals surface area contributed by atoms with Gasteiger partial charge in [-0.25, -0.2) is 4.98 Å². The summed E-state index contributed by atoms with van der Waals surface area (Å²) in [6.07, 6.45) is 3.35. The second-order valence-electron chi connectivity index (χ2n) is 6.43. The van der Waals surface area contributed by atoms with Crippen LogP contribution in [0.25, 0.3) is 11.3 Å². The first-order valence-electron chi connectivity index (χ1n) is 9.28. The predicted molar refractivity (Wildman–Crippen MR) is 120 cm³/mol. The maximum atomic E-state index is 12.7. The molecule has 0 aliphatic carbocycles. The molecule has 5 nitrogen and oxygen atoms in total. The van der Waals surface area contributed by atoms with E-state index in [-0.39, 0.29) is 30.7 Å². The van der Waals surface area contributed by atoms with Crippen molar-refractivity contribution in [3.8, 4) is 11.3 Å². The number of oxazole rings is 1. The molecule has 0 unspecified atom stereocenters. The van der Waals surface area contributed by atoms with Gasteiger partial charge < -0.3 is 15.1 Å². The Balaban J connectivity index is 0.00000210. The van der Waals surface area contributed by atoms with Crippen molar-refractivity contribution in [3.63, 3.8) is 0 Å². The highest BCUT2D eigenvalue weighted by Gasteiger charge is 2.15. The molecule has 0 fully saturated rings. The summed E-state index contributed by atoms with van der Waals surface area (Å²) < 4.78 is 5.80. The Morgan fingerprint density at radius 3 is 2.31 bits per heavy atom. The van der Waals surface area contributed by atoms with Gasteiger partial charge in [-0.1, -0.05) is 60.7 Å². The maximum Gasteiger partial charge on any atom is 0.223 e. The standard InChI is InChI=1S/C22H25N3O2.2ClH/c23-14-7-15-25(17-18-8-3-1-4-9-18)22(26)13-12-21-24-16-20(27-21)19-10-5-2-6-11-19;;/h1-6,8-11,16H,7,12-15,17,23H2;2*1H. The summed E-state index contributed by atoms with van der Waals surface area (Å²) in [5, 5.41) is 0. The summed E-state index contributed by atoms with van der Waals surface area (Å²) in [4.78, 5) is 18.9. The molecule has 2 aromatic carbocycles. The Morgan fingerprint density at radius 2 is 1.66 bits per heavy atom. The van der Waals surface area contributed by atoms with Gasteiger partial charge in [0.1, 0.15) is 0 Å². The number of benzene rings is 2. The van der Waals surface area contributed by atoms with Gasteiger partial charge in [-0.2, -0.15) is 0 Å². The summed E-state index contributed by atoms with van der Waals surface area (Å²) in [7, 11) is 0. The normalized spacial score (nSPS) is 9.97. The van der Waals surface area contributed by atoms with Gasteiger partial charge >= 0.3 is 0 Å². The van der Waals surface area contributed by atoms with Gasteiger partial charge in [0.05, 0.1) is 6.20 Å². The number of carbonyl (C=O) groups is 1. The Labute approximate surface area is 184 Å². The molecule has 1 aromatic heterocycles. The number of amides is 1. The van der Waals surface area contributed by atoms with Crippen molar-refractivity contribution in [2.45, 2.75) is 25.8 Å². The number of hydrogen-bond acceptors (Lipinski definition) is 4. The minimum absolute atomic E-state index is 0. The lowest BCUT2D eigenvalue weighted by molar-refractivity contribution is -0.131. The van der Waals surface area contributed by atoms with Crippen LogP contribution in [-0.4, -0.2) is 28.9 Å². The summed E-state index contributed by atoms with van der Waals surface area (Å²) >= 11 is 0. The third-order valence-corrected chi connectivity index (χ3v) is 4.37. The molecule has 1 amide bonds. The van der Waals surface area contributed by atoms with E-state index in [2.05, 4.69) is 4.98 Å². The number of nitrogens with zero attached hydrogens (tertiary/aromatic N) is 2. The predicted octanol–water partition coefficient (Wildman–Crippen LogP) is 4.50. The van der Waals surface area contributed by atoms with Crippen molar-refractivity contribution in [2.24, 2.45) is 5.73 Å². The molecule has 0 aliphatic heterocycles. The first kappa shape index (κ1) is 24.7. The molecule has 0 saturated carbocycles. The fraction of sp³-hybridized carbons (Fsp3) is 0.273. The van der Waals surface area contributed by atoms with E-state index in [1.54, 1.807) is 6.20 Å². The van der Waals surface area contributed by atoms with E-state index in [1.165, 1.54) is 0 Å². The average Bonchev–Trinajstić information content (AvgIpc) is 3.20. The molecule has 0 radical (unpaired) electrons. The van der Waals surface area contributed by atoms with E-state index < -0.39 is 0 Å². The van der Waals surface area contributed by atoms with Crippen molar-refractivity contribution in [2.75, 3.05) is 13.1 Å². The molecule has 0 aliphatic rings. The number of hydrogen-bond donors (Lipinski definition) is 1. The number of halogens is 2. The molecular weight excluding hydrogens is 409 g/mol. The summed E-state index contributed by atoms with van der Waals surface area (Å²) in [6.45, 7) is 1.82. The molecule has 156 valence electrons. The van der Waals surface area contributed by atoms with E-state index in [0.717, 1.165) is 23.3 Å². The first-order valence-corrected chi connectivity index (χ1v) is 9.28. The zero-order chi connectivity index (χ0) is 18.9. The fourth-order valence-electron chi connectivity index (χ4n) is 2.91. The van der Waals surface area contributed by atoms with Gasteiger partial charge in [-0.15, -0.1) is 24.8 Å². The topological polar surface area (TPSA) is 72.4 Å². The van der Waals surface area contributed by atoms with Crippen LogP contribution in [0.1, 0.15) is 24.3 Å². The average molecular weight is 436 g/mol. The highest BCUT2D eigenvalue weighted by molar-refractivity contribution is 5.85. The summed E-state index contributed by atoms with van der Waals surface area (Å²) in [5.74, 6) is 1.40. The fourth-order valence-corrected chi connectivity index (χ4v) is 2.91. The summed E-state index contributed by atoms with van der Waals surface area (Å²) in [5.41, 5.74) is 7.73. The van der Waals surface area contributed by atoms with Crippen LogP contribution in [0.3, 0.4) is 0 Å². The Kier molecular flexibility index (Phi) is 11.1. The molecule has 7 heteroatoms. The Bertz CT molecular complexity index is 842. The minimum Gasteiger partial charge on any atom is -0.441 e. The Hall–Kier alpha value is -2.34. The van der Waals surface area contributed by atoms with Crippen molar-refractivity contribution >= 4 is 30.7 Å². The molecular formula is C22H27Cl2N3O2. The molecule has 0 saturated heterocycles. The van der Waals surface area contributed by atoms with Crippen LogP contribution in [0, 0.1) is 0 Å². The van der Waals surface area contributed by atoms with E-state index in [0.29, 0.717) is 38.4 Å². The summed E-state index contributed by atoms with van der Waals surface area (Å²) in [6, 6.07) is 19.8. The first-order chi connectivity index (χ1) is 13.3. The number of aryl methyl sites for hydroxylation is 1. The van der Waals surface area contributed by atoms with E-state index in [4.69, 9.17) is 10.2 Å². The zero-order valence-electron chi connectivity index (χ0n) is 16.2. The molecule has 0 bridgehead atoms. The van der Waals surface area contributed by atoms with Gasteiger partial charge in [0, 0.05) is 31.5 Å². The number of carbonyl (C=O) groups excluding carboxylic acids is 1. The van der Waals surface area contributed by atoms with Crippen LogP contribution in [0.2, 0.25) is 0 Å². The van der Waals surface area contributed by atoms with Crippen molar-refractivity contribution in [1.82, 2.24) is 9.88 Å². The lowest BCUT2D eigenvalue weighted by Crippen LogP contribution is -2.32. The van der Waals surface area contributed by atoms with E-state index >= 15 is 0 Å². The third-order valence-electron chi connectivity index (χ3n) is 4.37. The molecule has 3 aromatic rings. The molecule has 3 rings (SSSR count). The monoisotopic (exact) mass is 435 g/mol. The largest absolute Gasteiger partial charge is 0.441 e. The van der Waals surface area contributed by atoms with Gasteiger partial charge in [-0.05, 0) is 18.5 Å². The van der Waals surface area contributed by atoms with Crippen LogP contribution in [0.4, 0.5) is 0 Å². The second-order valence-corrected chi connectivity index (χ2v) is 6.43. The van der Waals surface area contributed by atoms with Crippen molar-refractivity contribution in [1.29, 1.82) is 0 Å². The van der Waals surface area contributed by atoms with Crippen LogP contribution >= 0.6 is 24.8 Å². The van der Waals surface area contributed by atoms with E-state index in [1.807, 2.05) is 65.6 Å². The lowest BCUT2D eigenvalue weighted by Gasteiger charge is -2.22. The van der Waals surface area contributed by atoms with Crippen LogP contribution in [-0.2, 0) is 17.8 Å². The van der Waals surface area contributed by atoms with Crippen molar-refractivity contribution in [3.05, 3.63) is 78.3 Å². The smallest absolute Gasteiger partial charge is 0.223 e. The Morgan fingerprint density at radius 1 is 1.00 bits per heavy atom. The molecule has 0 atom stereocenters. The van der Waals surface area contributed by atoms with E-state index in [9.17, 15) is 4.79 Å². The van der Waals surface area contributed by atoms with Gasteiger partial charge in [0.2, 0.25) is 5.91 Å². The van der Waals surface area contributed by atoms with Crippen LogP contribution < -0.4 is 5.73 Å². The SMILES string of the molecule is Cl.Cl.NCCCN(Cc1ccccc1)C(=O)CCc1ncc(-c2ccccc2)o1. The van der Waals surface area contributed by atoms with Gasteiger partial charge in [-0.3, -0.25) is 4.79 Å². The van der Waals surface area contributed by atoms with Gasteiger partial charge in [0.25, 0.3) is 0 Å². The highest BCUT2D eigenvalue weighted by Crippen LogP contribution is 2.20.